The topological polar surface area (TPSA) is 73.1 Å². The number of amides is 1. The highest BCUT2D eigenvalue weighted by molar-refractivity contribution is 5.92. The molecule has 1 atom stereocenters. The highest BCUT2D eigenvalue weighted by Crippen LogP contribution is 2.20. The van der Waals surface area contributed by atoms with Crippen molar-refractivity contribution >= 4 is 5.91 Å². The van der Waals surface area contributed by atoms with Gasteiger partial charge in [-0.25, -0.2) is 14.4 Å². The summed E-state index contributed by atoms with van der Waals surface area (Å²) < 4.78 is 21.7. The highest BCUT2D eigenvalue weighted by Gasteiger charge is 2.28. The van der Waals surface area contributed by atoms with Gasteiger partial charge in [0, 0.05) is 30.5 Å². The molecule has 0 aromatic carbocycles. The van der Waals surface area contributed by atoms with E-state index in [-0.39, 0.29) is 24.0 Å². The molecule has 132 valence electrons. The second kappa shape index (κ2) is 6.91. The first-order valence-electron chi connectivity index (χ1n) is 8.17. The third-order valence-corrected chi connectivity index (χ3v) is 4.17. The summed E-state index contributed by atoms with van der Waals surface area (Å²) >= 11 is 0. The van der Waals surface area contributed by atoms with Gasteiger partial charge in [0.1, 0.15) is 11.8 Å². The van der Waals surface area contributed by atoms with E-state index in [0.29, 0.717) is 13.1 Å². The van der Waals surface area contributed by atoms with Crippen LogP contribution in [0.1, 0.15) is 16.2 Å². The number of pyridine rings is 1. The maximum Gasteiger partial charge on any atom is 0.274 e. The van der Waals surface area contributed by atoms with Gasteiger partial charge in [0.15, 0.2) is 5.82 Å². The lowest BCUT2D eigenvalue weighted by molar-refractivity contribution is 0.0634. The maximum atomic E-state index is 13.9. The van der Waals surface area contributed by atoms with Crippen LogP contribution >= 0.6 is 0 Å². The van der Waals surface area contributed by atoms with Crippen LogP contribution in [0.2, 0.25) is 0 Å². The Morgan fingerprint density at radius 1 is 1.15 bits per heavy atom. The largest absolute Gasteiger partial charge is 0.468 e. The lowest BCUT2D eigenvalue weighted by atomic mass is 10.3. The first kappa shape index (κ1) is 16.2. The molecule has 4 heterocycles. The van der Waals surface area contributed by atoms with E-state index in [1.165, 1.54) is 36.9 Å². The summed E-state index contributed by atoms with van der Waals surface area (Å²) in [7, 11) is 0. The molecule has 0 fully saturated rings. The minimum Gasteiger partial charge on any atom is -0.468 e. The van der Waals surface area contributed by atoms with Crippen molar-refractivity contribution in [3.05, 3.63) is 72.5 Å². The summed E-state index contributed by atoms with van der Waals surface area (Å²) in [5.41, 5.74) is 1.23. The number of carbonyl (C=O) groups is 1. The van der Waals surface area contributed by atoms with Gasteiger partial charge in [0.2, 0.25) is 0 Å². The predicted octanol–water partition coefficient (Wildman–Crippen LogP) is 1.92. The molecular formula is C18H16FN5O2. The average Bonchev–Trinajstić information content (AvgIpc) is 3.02. The van der Waals surface area contributed by atoms with Gasteiger partial charge in [0.25, 0.3) is 11.8 Å². The summed E-state index contributed by atoms with van der Waals surface area (Å²) in [6.07, 6.45) is 7.36. The van der Waals surface area contributed by atoms with Crippen LogP contribution in [0.15, 0.2) is 55.2 Å². The molecule has 0 spiro atoms. The van der Waals surface area contributed by atoms with Gasteiger partial charge < -0.3 is 14.2 Å². The first-order chi connectivity index (χ1) is 12.7. The van der Waals surface area contributed by atoms with Crippen molar-refractivity contribution in [3.8, 4) is 5.88 Å². The van der Waals surface area contributed by atoms with Crippen LogP contribution in [-0.4, -0.2) is 43.0 Å². The van der Waals surface area contributed by atoms with Gasteiger partial charge in [0.05, 0.1) is 25.8 Å². The summed E-state index contributed by atoms with van der Waals surface area (Å²) in [5, 5.41) is 0. The van der Waals surface area contributed by atoms with Gasteiger partial charge in [-0.1, -0.05) is 0 Å². The molecule has 8 heteroatoms. The molecule has 0 radical (unpaired) electrons. The molecule has 0 bridgehead atoms. The van der Waals surface area contributed by atoms with Gasteiger partial charge >= 0.3 is 0 Å². The third-order valence-electron chi connectivity index (χ3n) is 4.17. The molecule has 0 N–H and O–H groups in total. The van der Waals surface area contributed by atoms with Crippen LogP contribution in [0.25, 0.3) is 0 Å². The van der Waals surface area contributed by atoms with Crippen LogP contribution < -0.4 is 4.74 Å². The zero-order valence-corrected chi connectivity index (χ0v) is 13.8. The number of carbonyl (C=O) groups excluding carboxylic acids is 1. The average molecular weight is 353 g/mol. The molecule has 0 saturated carbocycles. The zero-order chi connectivity index (χ0) is 17.9. The summed E-state index contributed by atoms with van der Waals surface area (Å²) in [4.78, 5) is 26.4. The number of hydrogen-bond acceptors (Lipinski definition) is 5. The number of aromatic nitrogens is 4. The predicted molar refractivity (Wildman–Crippen MR) is 89.8 cm³/mol. The van der Waals surface area contributed by atoms with E-state index in [1.54, 1.807) is 4.90 Å². The smallest absolute Gasteiger partial charge is 0.274 e. The molecule has 1 aliphatic heterocycles. The standard InChI is InChI=1S/C18H16FN5O2/c19-15-4-1-5-22-17(15)26-14-11-23-8-2-3-13(23)10-24(12-14)18(25)16-9-20-6-7-21-16/h1-9,14H,10-12H2. The summed E-state index contributed by atoms with van der Waals surface area (Å²) in [6, 6.07) is 6.65. The zero-order valence-electron chi connectivity index (χ0n) is 13.8. The fourth-order valence-electron chi connectivity index (χ4n) is 2.97. The molecule has 26 heavy (non-hydrogen) atoms. The van der Waals surface area contributed by atoms with Crippen molar-refractivity contribution in [3.63, 3.8) is 0 Å². The fourth-order valence-corrected chi connectivity index (χ4v) is 2.97. The molecule has 1 unspecified atom stereocenters. The molecule has 1 amide bonds. The Morgan fingerprint density at radius 3 is 2.88 bits per heavy atom. The quantitative estimate of drug-likeness (QED) is 0.719. The van der Waals surface area contributed by atoms with Crippen molar-refractivity contribution in [1.82, 2.24) is 24.4 Å². The van der Waals surface area contributed by atoms with Gasteiger partial charge in [-0.3, -0.25) is 9.78 Å². The molecule has 3 aromatic rings. The Labute approximate surface area is 149 Å². The van der Waals surface area contributed by atoms with E-state index >= 15 is 0 Å². The van der Waals surface area contributed by atoms with Gasteiger partial charge in [-0.2, -0.15) is 0 Å². The lowest BCUT2D eigenvalue weighted by Crippen LogP contribution is -2.39. The lowest BCUT2D eigenvalue weighted by Gasteiger charge is -2.24. The van der Waals surface area contributed by atoms with Crippen molar-refractivity contribution in [2.45, 2.75) is 19.2 Å². The Kier molecular flexibility index (Phi) is 4.30. The Morgan fingerprint density at radius 2 is 2.08 bits per heavy atom. The number of nitrogens with zero attached hydrogens (tertiary/aromatic N) is 5. The van der Waals surface area contributed by atoms with Crippen LogP contribution in [0.3, 0.4) is 0 Å². The van der Waals surface area contributed by atoms with Gasteiger partial charge in [-0.05, 0) is 24.3 Å². The van der Waals surface area contributed by atoms with E-state index in [1.807, 2.05) is 22.9 Å². The number of fused-ring (bicyclic) bond motifs is 1. The molecule has 7 nitrogen and oxygen atoms in total. The van der Waals surface area contributed by atoms with E-state index in [2.05, 4.69) is 15.0 Å². The maximum absolute atomic E-state index is 13.9. The second-order valence-electron chi connectivity index (χ2n) is 5.96. The Bertz CT molecular complexity index is 915. The summed E-state index contributed by atoms with van der Waals surface area (Å²) in [5.74, 6) is -0.848. The summed E-state index contributed by atoms with van der Waals surface area (Å²) in [6.45, 7) is 1.18. The minimum atomic E-state index is -0.531. The van der Waals surface area contributed by atoms with Crippen molar-refractivity contribution in [2.24, 2.45) is 0 Å². The second-order valence-corrected chi connectivity index (χ2v) is 5.96. The minimum absolute atomic E-state index is 0.0694. The van der Waals surface area contributed by atoms with Crippen LogP contribution in [-0.2, 0) is 13.1 Å². The van der Waals surface area contributed by atoms with Crippen LogP contribution in [0, 0.1) is 5.82 Å². The molecule has 0 saturated heterocycles. The molecular weight excluding hydrogens is 337 g/mol. The van der Waals surface area contributed by atoms with Crippen molar-refractivity contribution in [1.29, 1.82) is 0 Å². The molecule has 3 aromatic heterocycles. The Balaban J connectivity index is 1.61. The molecule has 0 aliphatic carbocycles. The van der Waals surface area contributed by atoms with Crippen molar-refractivity contribution < 1.29 is 13.9 Å². The first-order valence-corrected chi connectivity index (χ1v) is 8.17. The number of hydrogen-bond donors (Lipinski definition) is 0. The Hall–Kier alpha value is -3.29. The number of ether oxygens (including phenoxy) is 1. The molecule has 1 aliphatic rings. The van der Waals surface area contributed by atoms with E-state index in [9.17, 15) is 9.18 Å². The highest BCUT2D eigenvalue weighted by atomic mass is 19.1. The fraction of sp³-hybridized carbons (Fsp3) is 0.222. The van der Waals surface area contributed by atoms with E-state index in [0.717, 1.165) is 5.69 Å². The van der Waals surface area contributed by atoms with Crippen LogP contribution in [0.5, 0.6) is 5.88 Å². The van der Waals surface area contributed by atoms with E-state index < -0.39 is 11.9 Å². The third kappa shape index (κ3) is 3.26. The normalized spacial score (nSPS) is 16.7. The van der Waals surface area contributed by atoms with Crippen LogP contribution in [0.4, 0.5) is 4.39 Å². The van der Waals surface area contributed by atoms with Crippen molar-refractivity contribution in [2.75, 3.05) is 6.54 Å². The molecule has 4 rings (SSSR count). The number of halogens is 1. The van der Waals surface area contributed by atoms with E-state index in [4.69, 9.17) is 4.74 Å². The monoisotopic (exact) mass is 353 g/mol. The van der Waals surface area contributed by atoms with Gasteiger partial charge in [-0.15, -0.1) is 0 Å². The number of rotatable bonds is 3. The SMILES string of the molecule is O=C(c1cnccn1)N1Cc2cccn2CC(Oc2ncccc2F)C1.